The van der Waals surface area contributed by atoms with Gasteiger partial charge in [0.1, 0.15) is 5.82 Å². The number of nitrogens with one attached hydrogen (secondary N) is 2. The molecule has 1 saturated carbocycles. The molecule has 1 aliphatic rings. The Morgan fingerprint density at radius 2 is 2.08 bits per heavy atom. The highest BCUT2D eigenvalue weighted by molar-refractivity contribution is 5.73. The zero-order chi connectivity index (χ0) is 17.7. The highest BCUT2D eigenvalue weighted by Crippen LogP contribution is 2.45. The van der Waals surface area contributed by atoms with Gasteiger partial charge in [0.05, 0.1) is 5.92 Å². The monoisotopic (exact) mass is 335 g/mol. The molecule has 6 nitrogen and oxygen atoms in total. The van der Waals surface area contributed by atoms with Gasteiger partial charge in [-0.05, 0) is 31.1 Å². The summed E-state index contributed by atoms with van der Waals surface area (Å²) in [6.07, 6.45) is 7.66. The molecule has 1 heterocycles. The summed E-state index contributed by atoms with van der Waals surface area (Å²) in [7, 11) is 0. The van der Waals surface area contributed by atoms with Crippen molar-refractivity contribution in [2.45, 2.75) is 64.8 Å². The number of aromatic amines is 1. The van der Waals surface area contributed by atoms with Gasteiger partial charge in [-0.25, -0.2) is 4.98 Å². The molecule has 3 N–H and O–H groups in total. The fraction of sp³-hybridized carbons (Fsp3) is 0.722. The topological polar surface area (TPSA) is 95.1 Å². The lowest BCUT2D eigenvalue weighted by molar-refractivity contribution is -0.141. The second kappa shape index (κ2) is 8.31. The molecule has 134 valence electrons. The number of carboxylic acids is 1. The van der Waals surface area contributed by atoms with E-state index < -0.39 is 5.97 Å². The standard InChI is InChI=1S/C18H29N3O3/c1-4-12(5-2)8-16(21-11(3)22)14-9-13(18(23)24)10-15(14)17-19-6-7-20-17/h6-7,12-16H,4-5,8-10H2,1-3H3,(H,19,20)(H,21,22)(H,23,24)/t13-,14-,15-,16+/m1/s1. The third-order valence-electron chi connectivity index (χ3n) is 5.48. The largest absolute Gasteiger partial charge is 0.481 e. The minimum Gasteiger partial charge on any atom is -0.481 e. The Bertz CT molecular complexity index is 540. The van der Waals surface area contributed by atoms with Crippen molar-refractivity contribution < 1.29 is 14.7 Å². The van der Waals surface area contributed by atoms with E-state index >= 15 is 0 Å². The molecule has 1 fully saturated rings. The maximum atomic E-state index is 11.7. The zero-order valence-electron chi connectivity index (χ0n) is 14.8. The van der Waals surface area contributed by atoms with Crippen LogP contribution in [0.3, 0.4) is 0 Å². The molecular formula is C18H29N3O3. The van der Waals surface area contributed by atoms with E-state index in [1.54, 1.807) is 12.4 Å². The first-order chi connectivity index (χ1) is 11.5. The summed E-state index contributed by atoms with van der Waals surface area (Å²) in [6.45, 7) is 5.86. The fourth-order valence-corrected chi connectivity index (χ4v) is 4.09. The summed E-state index contributed by atoms with van der Waals surface area (Å²) < 4.78 is 0. The minimum atomic E-state index is -0.752. The molecule has 0 spiro atoms. The smallest absolute Gasteiger partial charge is 0.306 e. The summed E-state index contributed by atoms with van der Waals surface area (Å²) in [5, 5.41) is 12.6. The van der Waals surface area contributed by atoms with Gasteiger partial charge in [0.15, 0.2) is 0 Å². The van der Waals surface area contributed by atoms with Gasteiger partial charge in [-0.2, -0.15) is 0 Å². The van der Waals surface area contributed by atoms with E-state index in [0.29, 0.717) is 18.8 Å². The van der Waals surface area contributed by atoms with E-state index in [1.807, 2.05) is 0 Å². The van der Waals surface area contributed by atoms with Gasteiger partial charge in [0, 0.05) is 31.3 Å². The van der Waals surface area contributed by atoms with E-state index in [9.17, 15) is 14.7 Å². The van der Waals surface area contributed by atoms with Gasteiger partial charge >= 0.3 is 5.97 Å². The molecule has 1 aromatic rings. The summed E-state index contributed by atoms with van der Waals surface area (Å²) in [5.41, 5.74) is 0. The van der Waals surface area contributed by atoms with Crippen LogP contribution in [0.2, 0.25) is 0 Å². The van der Waals surface area contributed by atoms with E-state index in [-0.39, 0.29) is 29.7 Å². The molecule has 0 bridgehead atoms. The van der Waals surface area contributed by atoms with E-state index in [4.69, 9.17) is 0 Å². The van der Waals surface area contributed by atoms with Crippen LogP contribution in [-0.2, 0) is 9.59 Å². The van der Waals surface area contributed by atoms with Crippen LogP contribution in [0.5, 0.6) is 0 Å². The van der Waals surface area contributed by atoms with E-state index in [1.165, 1.54) is 6.92 Å². The minimum absolute atomic E-state index is 0.00755. The fourth-order valence-electron chi connectivity index (χ4n) is 4.09. The van der Waals surface area contributed by atoms with Gasteiger partial charge in [-0.3, -0.25) is 9.59 Å². The Morgan fingerprint density at radius 1 is 1.38 bits per heavy atom. The Kier molecular flexibility index (Phi) is 6.40. The first-order valence-electron chi connectivity index (χ1n) is 8.95. The van der Waals surface area contributed by atoms with Crippen molar-refractivity contribution in [1.82, 2.24) is 15.3 Å². The molecule has 0 saturated heterocycles. The zero-order valence-corrected chi connectivity index (χ0v) is 14.8. The number of aromatic nitrogens is 2. The molecule has 0 aliphatic heterocycles. The lowest BCUT2D eigenvalue weighted by atomic mass is 9.82. The predicted octanol–water partition coefficient (Wildman–Crippen LogP) is 2.94. The highest BCUT2D eigenvalue weighted by atomic mass is 16.4. The summed E-state index contributed by atoms with van der Waals surface area (Å²) >= 11 is 0. The maximum Gasteiger partial charge on any atom is 0.306 e. The number of hydrogen-bond acceptors (Lipinski definition) is 3. The Morgan fingerprint density at radius 3 is 2.58 bits per heavy atom. The molecular weight excluding hydrogens is 306 g/mol. The lowest BCUT2D eigenvalue weighted by Crippen LogP contribution is -2.41. The molecule has 1 aliphatic carbocycles. The average molecular weight is 335 g/mol. The SMILES string of the molecule is CCC(CC)C[C@H](NC(C)=O)[C@@H]1C[C@@H](C(=O)O)C[C@H]1c1ncc[nH]1. The van der Waals surface area contributed by atoms with Crippen LogP contribution in [0.4, 0.5) is 0 Å². The maximum absolute atomic E-state index is 11.7. The second-order valence-corrected chi connectivity index (χ2v) is 6.98. The number of nitrogens with zero attached hydrogens (tertiary/aromatic N) is 1. The van der Waals surface area contributed by atoms with Crippen molar-refractivity contribution in [3.63, 3.8) is 0 Å². The summed E-state index contributed by atoms with van der Waals surface area (Å²) in [5.74, 6) is 0.338. The van der Waals surface area contributed by atoms with Crippen LogP contribution in [0.25, 0.3) is 0 Å². The van der Waals surface area contributed by atoms with Gasteiger partial charge in [0.25, 0.3) is 0 Å². The van der Waals surface area contributed by atoms with Crippen molar-refractivity contribution in [3.8, 4) is 0 Å². The normalized spacial score (nSPS) is 24.9. The predicted molar refractivity (Wildman–Crippen MR) is 91.5 cm³/mol. The summed E-state index contributed by atoms with van der Waals surface area (Å²) in [6, 6.07) is -0.00755. The van der Waals surface area contributed by atoms with Gasteiger partial charge in [0.2, 0.25) is 5.91 Å². The number of H-pyrrole nitrogens is 1. The number of aliphatic carboxylic acids is 1. The third kappa shape index (κ3) is 4.36. The number of carbonyl (C=O) groups excluding carboxylic acids is 1. The number of carbonyl (C=O) groups is 2. The number of amides is 1. The Hall–Kier alpha value is -1.85. The number of hydrogen-bond donors (Lipinski definition) is 3. The lowest BCUT2D eigenvalue weighted by Gasteiger charge is -2.31. The number of rotatable bonds is 8. The molecule has 1 amide bonds. The first-order valence-corrected chi connectivity index (χ1v) is 8.95. The first kappa shape index (κ1) is 18.5. The van der Waals surface area contributed by atoms with Gasteiger partial charge in [-0.1, -0.05) is 26.7 Å². The van der Waals surface area contributed by atoms with Crippen LogP contribution in [-0.4, -0.2) is 33.0 Å². The quantitative estimate of drug-likeness (QED) is 0.680. The Balaban J connectivity index is 2.25. The number of imidazole rings is 1. The van der Waals surface area contributed by atoms with Crippen LogP contribution >= 0.6 is 0 Å². The molecule has 2 rings (SSSR count). The molecule has 6 heteroatoms. The third-order valence-corrected chi connectivity index (χ3v) is 5.48. The highest BCUT2D eigenvalue weighted by Gasteiger charge is 2.44. The van der Waals surface area contributed by atoms with Crippen molar-refractivity contribution in [2.24, 2.45) is 17.8 Å². The molecule has 4 atom stereocenters. The van der Waals surface area contributed by atoms with Crippen molar-refractivity contribution in [1.29, 1.82) is 0 Å². The van der Waals surface area contributed by atoms with E-state index in [2.05, 4.69) is 29.1 Å². The van der Waals surface area contributed by atoms with Crippen LogP contribution in [0.15, 0.2) is 12.4 Å². The van der Waals surface area contributed by atoms with Crippen molar-refractivity contribution in [3.05, 3.63) is 18.2 Å². The molecule has 1 aromatic heterocycles. The molecule has 24 heavy (non-hydrogen) atoms. The van der Waals surface area contributed by atoms with Crippen LogP contribution in [0, 0.1) is 17.8 Å². The molecule has 0 aromatic carbocycles. The Labute approximate surface area is 143 Å². The average Bonchev–Trinajstić information content (AvgIpc) is 3.19. The number of carboxylic acid groups (broad SMARTS) is 1. The van der Waals surface area contributed by atoms with E-state index in [0.717, 1.165) is 25.1 Å². The van der Waals surface area contributed by atoms with Crippen molar-refractivity contribution in [2.75, 3.05) is 0 Å². The second-order valence-electron chi connectivity index (χ2n) is 6.98. The van der Waals surface area contributed by atoms with Crippen LogP contribution in [0.1, 0.15) is 64.6 Å². The van der Waals surface area contributed by atoms with Gasteiger partial charge in [-0.15, -0.1) is 0 Å². The van der Waals surface area contributed by atoms with Crippen LogP contribution < -0.4 is 5.32 Å². The van der Waals surface area contributed by atoms with Crippen molar-refractivity contribution >= 4 is 11.9 Å². The summed E-state index contributed by atoms with van der Waals surface area (Å²) in [4.78, 5) is 30.8. The van der Waals surface area contributed by atoms with Gasteiger partial charge < -0.3 is 15.4 Å². The molecule has 0 unspecified atom stereocenters. The molecule has 0 radical (unpaired) electrons.